The summed E-state index contributed by atoms with van der Waals surface area (Å²) >= 11 is 0. The largest absolute Gasteiger partial charge is 0.364 e. The number of amides is 1. The molecular weight excluding hydrogens is 337 g/mol. The minimum absolute atomic E-state index is 0.0714. The average Bonchev–Trinajstić information content (AvgIpc) is 3.13. The summed E-state index contributed by atoms with van der Waals surface area (Å²) in [4.78, 5) is 17.5. The molecule has 0 radical (unpaired) electrons. The summed E-state index contributed by atoms with van der Waals surface area (Å²) in [5.74, 6) is -0.638. The van der Waals surface area contributed by atoms with Crippen LogP contribution in [0.2, 0.25) is 0 Å². The van der Waals surface area contributed by atoms with Gasteiger partial charge in [0.1, 0.15) is 17.5 Å². The van der Waals surface area contributed by atoms with E-state index in [0.29, 0.717) is 5.56 Å². The topological polar surface area (TPSA) is 76.7 Å². The minimum atomic E-state index is -1.20. The summed E-state index contributed by atoms with van der Waals surface area (Å²) in [6.07, 6.45) is 7.22. The molecule has 1 N–H and O–H groups in total. The van der Waals surface area contributed by atoms with Crippen LogP contribution in [0.25, 0.3) is 0 Å². The molecule has 1 amide bonds. The maximum atomic E-state index is 13.4. The number of hydrogen-bond acceptors (Lipinski definition) is 5. The van der Waals surface area contributed by atoms with Crippen molar-refractivity contribution in [2.24, 2.45) is 4.99 Å². The average molecular weight is 357 g/mol. The lowest BCUT2D eigenvalue weighted by molar-refractivity contribution is -0.131. The second-order valence-corrected chi connectivity index (χ2v) is 6.36. The van der Waals surface area contributed by atoms with Gasteiger partial charge in [-0.1, -0.05) is 23.4 Å². The van der Waals surface area contributed by atoms with Crippen LogP contribution in [0.3, 0.4) is 0 Å². The van der Waals surface area contributed by atoms with Crippen LogP contribution in [0.5, 0.6) is 0 Å². The molecule has 26 heavy (non-hydrogen) atoms. The summed E-state index contributed by atoms with van der Waals surface area (Å²) in [7, 11) is 0. The number of aliphatic imine (C=N–C) groups is 1. The first-order valence-electron chi connectivity index (χ1n) is 8.30. The van der Waals surface area contributed by atoms with E-state index in [9.17, 15) is 9.18 Å². The van der Waals surface area contributed by atoms with Gasteiger partial charge in [0.05, 0.1) is 12.8 Å². The fourth-order valence-electron chi connectivity index (χ4n) is 2.84. The second kappa shape index (κ2) is 7.61. The lowest BCUT2D eigenvalue weighted by Gasteiger charge is -2.37. The van der Waals surface area contributed by atoms with Crippen molar-refractivity contribution < 1.29 is 18.4 Å². The molecule has 0 saturated heterocycles. The maximum Gasteiger partial charge on any atom is 0.239 e. The van der Waals surface area contributed by atoms with Gasteiger partial charge in [-0.3, -0.25) is 9.79 Å². The van der Waals surface area contributed by atoms with E-state index in [1.807, 2.05) is 13.8 Å². The molecule has 1 aromatic heterocycles. The molecule has 0 fully saturated rings. The monoisotopic (exact) mass is 357 g/mol. The highest BCUT2D eigenvalue weighted by Crippen LogP contribution is 2.35. The molecule has 3 rings (SSSR count). The van der Waals surface area contributed by atoms with E-state index in [1.165, 1.54) is 24.6 Å². The molecule has 0 aliphatic carbocycles. The maximum absolute atomic E-state index is 13.4. The number of hydrogen-bond donors (Lipinski definition) is 1. The number of benzene rings is 1. The van der Waals surface area contributed by atoms with Crippen LogP contribution in [0.1, 0.15) is 25.0 Å². The molecule has 0 saturated carbocycles. The van der Waals surface area contributed by atoms with Crippen molar-refractivity contribution in [2.75, 3.05) is 0 Å². The van der Waals surface area contributed by atoms with Gasteiger partial charge >= 0.3 is 0 Å². The number of aromatic nitrogens is 1. The van der Waals surface area contributed by atoms with Gasteiger partial charge in [-0.2, -0.15) is 0 Å². The zero-order chi connectivity index (χ0) is 18.6. The summed E-state index contributed by atoms with van der Waals surface area (Å²) < 4.78 is 24.2. The number of nitrogens with one attached hydrogen (secondary N) is 1. The molecule has 1 aliphatic rings. The Bertz CT molecular complexity index is 800. The Morgan fingerprint density at radius 1 is 1.38 bits per heavy atom. The van der Waals surface area contributed by atoms with Crippen molar-refractivity contribution in [3.8, 4) is 0 Å². The number of carbonyl (C=O) groups is 1. The lowest BCUT2D eigenvalue weighted by atomic mass is 9.76. The van der Waals surface area contributed by atoms with Gasteiger partial charge in [-0.05, 0) is 37.6 Å². The zero-order valence-electron chi connectivity index (χ0n) is 14.6. The molecule has 7 heteroatoms. The Balaban J connectivity index is 1.98. The van der Waals surface area contributed by atoms with Gasteiger partial charge in [0.15, 0.2) is 6.23 Å². The quantitative estimate of drug-likeness (QED) is 0.862. The Kier molecular flexibility index (Phi) is 5.27. The molecule has 1 aliphatic heterocycles. The zero-order valence-corrected chi connectivity index (χ0v) is 14.6. The Morgan fingerprint density at radius 3 is 2.81 bits per heavy atom. The molecule has 6 nitrogen and oxygen atoms in total. The SMILES string of the molecule is CC(C)NC(=O)C1(c2ccc(F)cc2)C=CC=NC1OCc1cnoc1. The van der Waals surface area contributed by atoms with Gasteiger partial charge in [-0.25, -0.2) is 4.39 Å². The summed E-state index contributed by atoms with van der Waals surface area (Å²) in [5, 5.41) is 6.56. The van der Waals surface area contributed by atoms with E-state index >= 15 is 0 Å². The normalized spacial score (nSPS) is 21.9. The predicted molar refractivity (Wildman–Crippen MR) is 94.1 cm³/mol. The molecular formula is C19H20FN3O3. The summed E-state index contributed by atoms with van der Waals surface area (Å²) in [5.41, 5.74) is 0.122. The molecule has 2 aromatic rings. The smallest absolute Gasteiger partial charge is 0.239 e. The highest BCUT2D eigenvalue weighted by atomic mass is 19.1. The molecule has 2 unspecified atom stereocenters. The number of ether oxygens (including phenoxy) is 1. The first-order valence-corrected chi connectivity index (χ1v) is 8.30. The summed E-state index contributed by atoms with van der Waals surface area (Å²) in [6, 6.07) is 5.73. The van der Waals surface area contributed by atoms with Gasteiger partial charge in [-0.15, -0.1) is 0 Å². The fraction of sp³-hybridized carbons (Fsp3) is 0.316. The molecule has 2 heterocycles. The second-order valence-electron chi connectivity index (χ2n) is 6.36. The van der Waals surface area contributed by atoms with Crippen molar-refractivity contribution in [3.63, 3.8) is 0 Å². The van der Waals surface area contributed by atoms with E-state index in [1.54, 1.807) is 30.5 Å². The van der Waals surface area contributed by atoms with E-state index in [-0.39, 0.29) is 24.4 Å². The highest BCUT2D eigenvalue weighted by molar-refractivity contribution is 5.94. The van der Waals surface area contributed by atoms with Crippen LogP contribution in [0, 0.1) is 5.82 Å². The fourth-order valence-corrected chi connectivity index (χ4v) is 2.84. The number of allylic oxidation sites excluding steroid dienone is 1. The predicted octanol–water partition coefficient (Wildman–Crippen LogP) is 2.76. The van der Waals surface area contributed by atoms with Crippen molar-refractivity contribution >= 4 is 12.1 Å². The van der Waals surface area contributed by atoms with Crippen LogP contribution in [0.4, 0.5) is 4.39 Å². The first kappa shape index (κ1) is 18.0. The van der Waals surface area contributed by atoms with Crippen LogP contribution in [0.15, 0.2) is 58.4 Å². The number of dihydropyridines is 1. The van der Waals surface area contributed by atoms with Crippen LogP contribution in [-0.2, 0) is 21.6 Å². The molecule has 136 valence electrons. The van der Waals surface area contributed by atoms with Crippen molar-refractivity contribution in [3.05, 3.63) is 65.8 Å². The third kappa shape index (κ3) is 3.57. The Labute approximate surface area is 150 Å². The Morgan fingerprint density at radius 2 is 2.15 bits per heavy atom. The van der Waals surface area contributed by atoms with Gasteiger partial charge in [0.2, 0.25) is 5.91 Å². The standard InChI is InChI=1S/C19H20FN3O3/c1-13(2)23-17(24)19(15-4-6-16(20)7-5-15)8-3-9-21-18(19)25-11-14-10-22-26-12-14/h3-10,12-13,18H,11H2,1-2H3,(H,23,24). The van der Waals surface area contributed by atoms with Crippen LogP contribution in [-0.4, -0.2) is 29.5 Å². The van der Waals surface area contributed by atoms with Crippen molar-refractivity contribution in [1.29, 1.82) is 0 Å². The van der Waals surface area contributed by atoms with E-state index in [0.717, 1.165) is 5.56 Å². The van der Waals surface area contributed by atoms with Crippen molar-refractivity contribution in [1.82, 2.24) is 10.5 Å². The van der Waals surface area contributed by atoms with Gasteiger partial charge < -0.3 is 14.6 Å². The summed E-state index contributed by atoms with van der Waals surface area (Å²) in [6.45, 7) is 3.93. The highest BCUT2D eigenvalue weighted by Gasteiger charge is 2.47. The number of rotatable bonds is 6. The minimum Gasteiger partial charge on any atom is -0.364 e. The number of halogens is 1. The van der Waals surface area contributed by atoms with Crippen molar-refractivity contribution in [2.45, 2.75) is 38.1 Å². The third-order valence-corrected chi connectivity index (χ3v) is 4.06. The van der Waals surface area contributed by atoms with E-state index < -0.39 is 11.6 Å². The van der Waals surface area contributed by atoms with Gasteiger partial charge in [0.25, 0.3) is 0 Å². The number of nitrogens with zero attached hydrogens (tertiary/aromatic N) is 2. The molecule has 0 spiro atoms. The van der Waals surface area contributed by atoms with E-state index in [4.69, 9.17) is 9.26 Å². The first-order chi connectivity index (χ1) is 12.5. The van der Waals surface area contributed by atoms with Crippen LogP contribution < -0.4 is 5.32 Å². The lowest BCUT2D eigenvalue weighted by Crippen LogP contribution is -2.53. The van der Waals surface area contributed by atoms with E-state index in [2.05, 4.69) is 15.5 Å². The van der Waals surface area contributed by atoms with Gasteiger partial charge in [0, 0.05) is 17.8 Å². The molecule has 0 bridgehead atoms. The molecule has 2 atom stereocenters. The molecule has 1 aromatic carbocycles. The number of carbonyl (C=O) groups excluding carboxylic acids is 1. The Hall–Kier alpha value is -2.80. The van der Waals surface area contributed by atoms with Crippen LogP contribution >= 0.6 is 0 Å². The third-order valence-electron chi connectivity index (χ3n) is 4.06.